The molecule has 1 heterocycles. The minimum atomic E-state index is -0.804. The molecule has 1 fully saturated rings. The summed E-state index contributed by atoms with van der Waals surface area (Å²) >= 11 is 1.40. The molecule has 1 aliphatic rings. The van der Waals surface area contributed by atoms with Crippen LogP contribution in [0.1, 0.15) is 65.5 Å². The summed E-state index contributed by atoms with van der Waals surface area (Å²) in [6.07, 6.45) is 4.38. The number of amides is 2. The molecule has 2 amide bonds. The van der Waals surface area contributed by atoms with Crippen LogP contribution in [0, 0.1) is 20.8 Å². The number of benzene rings is 1. The van der Waals surface area contributed by atoms with Gasteiger partial charge in [-0.15, -0.1) is 11.3 Å². The van der Waals surface area contributed by atoms with Crippen molar-refractivity contribution in [3.63, 3.8) is 0 Å². The lowest BCUT2D eigenvalue weighted by Crippen LogP contribution is -2.59. The number of nitrogens with one attached hydrogen (secondary N) is 2. The summed E-state index contributed by atoms with van der Waals surface area (Å²) in [5.74, 6) is -0.265. The van der Waals surface area contributed by atoms with Crippen LogP contribution in [0.3, 0.4) is 0 Å². The van der Waals surface area contributed by atoms with Crippen molar-refractivity contribution in [3.05, 3.63) is 39.9 Å². The highest BCUT2D eigenvalue weighted by Gasteiger charge is 2.41. The standard InChI is InChI=1S/C22H29N3O2S/c1-5-23-21(27)22(11-7-6-8-12-22)25-19(26)18-16(4)24-20(28-18)17-10-9-14(2)13-15(17)3/h9-10,13H,5-8,11-12H2,1-4H3,(H,23,27)(H,25,26). The van der Waals surface area contributed by atoms with Crippen LogP contribution in [0.5, 0.6) is 0 Å². The Hall–Kier alpha value is -2.21. The number of likely N-dealkylation sites (N-methyl/N-ethyl adjacent to an activating group) is 1. The maximum Gasteiger partial charge on any atom is 0.264 e. The van der Waals surface area contributed by atoms with E-state index in [4.69, 9.17) is 0 Å². The Kier molecular flexibility index (Phi) is 6.18. The van der Waals surface area contributed by atoms with E-state index in [1.54, 1.807) is 0 Å². The van der Waals surface area contributed by atoms with Crippen LogP contribution in [-0.2, 0) is 4.79 Å². The molecule has 0 radical (unpaired) electrons. The molecule has 28 heavy (non-hydrogen) atoms. The number of hydrogen-bond donors (Lipinski definition) is 2. The van der Waals surface area contributed by atoms with Crippen molar-refractivity contribution in [1.82, 2.24) is 15.6 Å². The van der Waals surface area contributed by atoms with Crippen LogP contribution in [0.25, 0.3) is 10.6 Å². The predicted molar refractivity (Wildman–Crippen MR) is 114 cm³/mol. The van der Waals surface area contributed by atoms with Crippen LogP contribution >= 0.6 is 11.3 Å². The molecule has 150 valence electrons. The molecular formula is C22H29N3O2S. The van der Waals surface area contributed by atoms with Crippen molar-refractivity contribution in [2.45, 2.75) is 65.3 Å². The Morgan fingerprint density at radius 2 is 1.86 bits per heavy atom. The molecule has 2 aromatic rings. The summed E-state index contributed by atoms with van der Waals surface area (Å²) in [6, 6.07) is 6.24. The number of aromatic nitrogens is 1. The number of thiazole rings is 1. The molecule has 0 unspecified atom stereocenters. The van der Waals surface area contributed by atoms with Crippen molar-refractivity contribution in [2.75, 3.05) is 6.54 Å². The van der Waals surface area contributed by atoms with Gasteiger partial charge < -0.3 is 10.6 Å². The fourth-order valence-corrected chi connectivity index (χ4v) is 5.00. The van der Waals surface area contributed by atoms with Crippen molar-refractivity contribution < 1.29 is 9.59 Å². The second-order valence-corrected chi connectivity index (χ2v) is 8.71. The predicted octanol–water partition coefficient (Wildman–Crippen LogP) is 4.30. The van der Waals surface area contributed by atoms with E-state index in [1.807, 2.05) is 13.8 Å². The van der Waals surface area contributed by atoms with Gasteiger partial charge in [0.2, 0.25) is 5.91 Å². The van der Waals surface area contributed by atoms with Crippen LogP contribution in [0.4, 0.5) is 0 Å². The van der Waals surface area contributed by atoms with E-state index in [0.717, 1.165) is 35.4 Å². The third-order valence-electron chi connectivity index (χ3n) is 5.45. The zero-order chi connectivity index (χ0) is 20.3. The van der Waals surface area contributed by atoms with E-state index < -0.39 is 5.54 Å². The number of carbonyl (C=O) groups excluding carboxylic acids is 2. The third-order valence-corrected chi connectivity index (χ3v) is 6.64. The topological polar surface area (TPSA) is 71.1 Å². The fraction of sp³-hybridized carbons (Fsp3) is 0.500. The minimum absolute atomic E-state index is 0.0696. The van der Waals surface area contributed by atoms with Gasteiger partial charge in [0.25, 0.3) is 5.91 Å². The highest BCUT2D eigenvalue weighted by atomic mass is 32.1. The van der Waals surface area contributed by atoms with Crippen molar-refractivity contribution in [1.29, 1.82) is 0 Å². The van der Waals surface area contributed by atoms with Crippen LogP contribution in [-0.4, -0.2) is 28.9 Å². The van der Waals surface area contributed by atoms with Gasteiger partial charge in [0.15, 0.2) is 0 Å². The fourth-order valence-electron chi connectivity index (χ4n) is 3.94. The highest BCUT2D eigenvalue weighted by molar-refractivity contribution is 7.17. The van der Waals surface area contributed by atoms with E-state index >= 15 is 0 Å². The van der Waals surface area contributed by atoms with Gasteiger partial charge in [-0.2, -0.15) is 0 Å². The molecule has 0 aliphatic heterocycles. The number of carbonyl (C=O) groups is 2. The lowest BCUT2D eigenvalue weighted by molar-refractivity contribution is -0.128. The van der Waals surface area contributed by atoms with E-state index in [-0.39, 0.29) is 11.8 Å². The molecule has 6 heteroatoms. The van der Waals surface area contributed by atoms with Gasteiger partial charge in [-0.3, -0.25) is 9.59 Å². The number of nitrogens with zero attached hydrogens (tertiary/aromatic N) is 1. The molecule has 0 atom stereocenters. The monoisotopic (exact) mass is 399 g/mol. The van der Waals surface area contributed by atoms with Crippen LogP contribution in [0.2, 0.25) is 0 Å². The zero-order valence-electron chi connectivity index (χ0n) is 17.1. The Morgan fingerprint density at radius 3 is 2.50 bits per heavy atom. The summed E-state index contributed by atoms with van der Waals surface area (Å²) in [6.45, 7) is 8.45. The van der Waals surface area contributed by atoms with E-state index in [2.05, 4.69) is 47.7 Å². The molecule has 1 aliphatic carbocycles. The average molecular weight is 400 g/mol. The van der Waals surface area contributed by atoms with Gasteiger partial charge in [-0.1, -0.05) is 43.0 Å². The van der Waals surface area contributed by atoms with Crippen LogP contribution in [0.15, 0.2) is 18.2 Å². The Bertz CT molecular complexity index is 882. The molecule has 1 aromatic heterocycles. The smallest absolute Gasteiger partial charge is 0.264 e. The number of hydrogen-bond acceptors (Lipinski definition) is 4. The molecule has 5 nitrogen and oxygen atoms in total. The lowest BCUT2D eigenvalue weighted by atomic mass is 9.80. The van der Waals surface area contributed by atoms with Gasteiger partial charge in [0.1, 0.15) is 15.4 Å². The molecule has 2 N–H and O–H groups in total. The maximum atomic E-state index is 13.1. The third kappa shape index (κ3) is 4.12. The zero-order valence-corrected chi connectivity index (χ0v) is 18.0. The molecular weight excluding hydrogens is 370 g/mol. The summed E-state index contributed by atoms with van der Waals surface area (Å²) in [7, 11) is 0. The molecule has 1 aromatic carbocycles. The van der Waals surface area contributed by atoms with Gasteiger partial charge >= 0.3 is 0 Å². The number of rotatable bonds is 5. The first-order chi connectivity index (χ1) is 13.4. The van der Waals surface area contributed by atoms with Gasteiger partial charge in [0.05, 0.1) is 5.69 Å². The second-order valence-electron chi connectivity index (χ2n) is 7.71. The maximum absolute atomic E-state index is 13.1. The first-order valence-corrected chi connectivity index (χ1v) is 10.8. The lowest BCUT2D eigenvalue weighted by Gasteiger charge is -2.36. The SMILES string of the molecule is CCNC(=O)C1(NC(=O)c2sc(-c3ccc(C)cc3C)nc2C)CCCCC1. The van der Waals surface area contributed by atoms with Gasteiger partial charge in [-0.05, 0) is 46.1 Å². The average Bonchev–Trinajstić information content (AvgIpc) is 3.04. The molecule has 0 saturated heterocycles. The summed E-state index contributed by atoms with van der Waals surface area (Å²) in [5.41, 5.74) is 3.30. The molecule has 1 saturated carbocycles. The van der Waals surface area contributed by atoms with Crippen molar-refractivity contribution >= 4 is 23.2 Å². The second kappa shape index (κ2) is 8.43. The quantitative estimate of drug-likeness (QED) is 0.787. The highest BCUT2D eigenvalue weighted by Crippen LogP contribution is 2.33. The largest absolute Gasteiger partial charge is 0.354 e. The van der Waals surface area contributed by atoms with E-state index in [0.29, 0.717) is 30.0 Å². The summed E-state index contributed by atoms with van der Waals surface area (Å²) in [4.78, 5) is 31.1. The van der Waals surface area contributed by atoms with E-state index in [9.17, 15) is 9.59 Å². The van der Waals surface area contributed by atoms with Crippen LogP contribution < -0.4 is 10.6 Å². The Balaban J connectivity index is 1.87. The van der Waals surface area contributed by atoms with Gasteiger partial charge in [0, 0.05) is 12.1 Å². The first-order valence-electron chi connectivity index (χ1n) is 10.0. The molecule has 0 bridgehead atoms. The van der Waals surface area contributed by atoms with Crippen molar-refractivity contribution in [2.24, 2.45) is 0 Å². The first kappa shape index (κ1) is 20.5. The molecule has 3 rings (SSSR count). The normalized spacial score (nSPS) is 15.9. The van der Waals surface area contributed by atoms with Gasteiger partial charge in [-0.25, -0.2) is 4.98 Å². The Morgan fingerprint density at radius 1 is 1.14 bits per heavy atom. The Labute approximate surface area is 171 Å². The van der Waals surface area contributed by atoms with E-state index in [1.165, 1.54) is 16.9 Å². The number of aryl methyl sites for hydroxylation is 3. The minimum Gasteiger partial charge on any atom is -0.354 e. The molecule has 0 spiro atoms. The van der Waals surface area contributed by atoms with Crippen molar-refractivity contribution in [3.8, 4) is 10.6 Å². The summed E-state index contributed by atoms with van der Waals surface area (Å²) < 4.78 is 0. The summed E-state index contributed by atoms with van der Waals surface area (Å²) in [5, 5.41) is 6.83.